The predicted octanol–water partition coefficient (Wildman–Crippen LogP) is 2.58. The lowest BCUT2D eigenvalue weighted by Crippen LogP contribution is -2.17. The second kappa shape index (κ2) is 5.87. The third-order valence-corrected chi connectivity index (χ3v) is 2.75. The van der Waals surface area contributed by atoms with E-state index in [1.807, 2.05) is 6.07 Å². The zero-order valence-corrected chi connectivity index (χ0v) is 10.00. The van der Waals surface area contributed by atoms with E-state index in [1.54, 1.807) is 12.1 Å². The zero-order chi connectivity index (χ0) is 12.1. The van der Waals surface area contributed by atoms with Gasteiger partial charge in [0.05, 0.1) is 5.56 Å². The second-order valence-corrected chi connectivity index (χ2v) is 3.72. The first-order valence-corrected chi connectivity index (χ1v) is 5.93. The van der Waals surface area contributed by atoms with Gasteiger partial charge in [-0.25, -0.2) is 4.79 Å². The van der Waals surface area contributed by atoms with Gasteiger partial charge in [-0.2, -0.15) is 0 Å². The largest absolute Gasteiger partial charge is 0.478 e. The van der Waals surface area contributed by atoms with Gasteiger partial charge in [-0.05, 0) is 42.5 Å². The number of aromatic carboxylic acids is 1. The van der Waals surface area contributed by atoms with E-state index in [1.165, 1.54) is 6.38 Å². The van der Waals surface area contributed by atoms with Crippen LogP contribution in [0, 0.1) is 0 Å². The Labute approximate surface area is 100 Å². The van der Waals surface area contributed by atoms with Crippen molar-refractivity contribution in [3.63, 3.8) is 0 Å². The van der Waals surface area contributed by atoms with Gasteiger partial charge in [-0.1, -0.05) is 6.07 Å². The summed E-state index contributed by atoms with van der Waals surface area (Å²) < 4.78 is 0. The van der Waals surface area contributed by atoms with Crippen LogP contribution in [-0.4, -0.2) is 17.5 Å². The SMILES string of the molecule is CCl.NC1CCCc2cc(C(=O)O)ccc21. The summed E-state index contributed by atoms with van der Waals surface area (Å²) in [6.45, 7) is 0. The van der Waals surface area contributed by atoms with Crippen LogP contribution in [0.1, 0.15) is 40.4 Å². The zero-order valence-electron chi connectivity index (χ0n) is 9.24. The van der Waals surface area contributed by atoms with Gasteiger partial charge in [-0.3, -0.25) is 0 Å². The lowest BCUT2D eigenvalue weighted by Gasteiger charge is -2.22. The van der Waals surface area contributed by atoms with Crippen molar-refractivity contribution in [3.05, 3.63) is 34.9 Å². The minimum atomic E-state index is -0.869. The van der Waals surface area contributed by atoms with Gasteiger partial charge in [0.2, 0.25) is 0 Å². The molecule has 1 aliphatic carbocycles. The van der Waals surface area contributed by atoms with Crippen molar-refractivity contribution < 1.29 is 9.90 Å². The monoisotopic (exact) mass is 241 g/mol. The Balaban J connectivity index is 0.000000606. The standard InChI is InChI=1S/C11H13NO2.CH3Cl/c12-10-3-1-2-7-6-8(11(13)14)4-5-9(7)10;1-2/h4-6,10H,1-3,12H2,(H,13,14);1H3. The maximum Gasteiger partial charge on any atom is 0.335 e. The lowest BCUT2D eigenvalue weighted by atomic mass is 9.87. The van der Waals surface area contributed by atoms with Crippen LogP contribution < -0.4 is 5.73 Å². The molecular weight excluding hydrogens is 226 g/mol. The van der Waals surface area contributed by atoms with Gasteiger partial charge in [0.25, 0.3) is 0 Å². The molecule has 3 nitrogen and oxygen atoms in total. The maximum absolute atomic E-state index is 10.7. The topological polar surface area (TPSA) is 63.3 Å². The number of aryl methyl sites for hydroxylation is 1. The first-order valence-electron chi connectivity index (χ1n) is 5.18. The van der Waals surface area contributed by atoms with E-state index in [0.717, 1.165) is 30.4 Å². The molecular formula is C12H16ClNO2. The van der Waals surface area contributed by atoms with Crippen LogP contribution in [0.5, 0.6) is 0 Å². The molecule has 0 heterocycles. The predicted molar refractivity (Wildman–Crippen MR) is 65.0 cm³/mol. The summed E-state index contributed by atoms with van der Waals surface area (Å²) in [6, 6.07) is 5.31. The summed E-state index contributed by atoms with van der Waals surface area (Å²) in [5.41, 5.74) is 8.50. The first kappa shape index (κ1) is 13.0. The summed E-state index contributed by atoms with van der Waals surface area (Å²) in [7, 11) is 0. The van der Waals surface area contributed by atoms with Crippen LogP contribution in [0.3, 0.4) is 0 Å². The number of hydrogen-bond acceptors (Lipinski definition) is 2. The maximum atomic E-state index is 10.7. The average molecular weight is 242 g/mol. The molecule has 0 radical (unpaired) electrons. The van der Waals surface area contributed by atoms with E-state index in [2.05, 4.69) is 11.6 Å². The van der Waals surface area contributed by atoms with Crippen molar-refractivity contribution in [2.75, 3.05) is 6.38 Å². The molecule has 0 aromatic heterocycles. The van der Waals surface area contributed by atoms with E-state index in [0.29, 0.717) is 5.56 Å². The van der Waals surface area contributed by atoms with E-state index >= 15 is 0 Å². The molecule has 0 saturated carbocycles. The highest BCUT2D eigenvalue weighted by Crippen LogP contribution is 2.28. The molecule has 88 valence electrons. The van der Waals surface area contributed by atoms with E-state index in [9.17, 15) is 4.79 Å². The first-order chi connectivity index (χ1) is 7.68. The fourth-order valence-electron chi connectivity index (χ4n) is 1.98. The van der Waals surface area contributed by atoms with E-state index in [4.69, 9.17) is 10.8 Å². The molecule has 0 spiro atoms. The number of rotatable bonds is 1. The number of carboxylic acids is 1. The number of nitrogens with two attached hydrogens (primary N) is 1. The van der Waals surface area contributed by atoms with Crippen LogP contribution >= 0.6 is 11.6 Å². The molecule has 16 heavy (non-hydrogen) atoms. The lowest BCUT2D eigenvalue weighted by molar-refractivity contribution is 0.0696. The summed E-state index contributed by atoms with van der Waals surface area (Å²) in [6.07, 6.45) is 4.47. The van der Waals surface area contributed by atoms with E-state index in [-0.39, 0.29) is 6.04 Å². The molecule has 0 amide bonds. The van der Waals surface area contributed by atoms with Gasteiger partial charge in [0.1, 0.15) is 0 Å². The molecule has 1 aromatic rings. The molecule has 0 aliphatic heterocycles. The number of benzene rings is 1. The Morgan fingerprint density at radius 3 is 2.81 bits per heavy atom. The van der Waals surface area contributed by atoms with Crippen molar-refractivity contribution in [2.24, 2.45) is 5.73 Å². The summed E-state index contributed by atoms with van der Waals surface area (Å²) in [5.74, 6) is -0.869. The fourth-order valence-corrected chi connectivity index (χ4v) is 1.98. The van der Waals surface area contributed by atoms with Crippen molar-refractivity contribution in [1.29, 1.82) is 0 Å². The normalized spacial score (nSPS) is 18.1. The van der Waals surface area contributed by atoms with Crippen LogP contribution in [0.2, 0.25) is 0 Å². The van der Waals surface area contributed by atoms with Gasteiger partial charge >= 0.3 is 5.97 Å². The molecule has 0 fully saturated rings. The number of halogens is 1. The molecule has 1 atom stereocenters. The second-order valence-electron chi connectivity index (χ2n) is 3.72. The molecule has 1 aliphatic rings. The minimum absolute atomic E-state index is 0.0848. The van der Waals surface area contributed by atoms with Crippen molar-refractivity contribution in [1.82, 2.24) is 0 Å². The fraction of sp³-hybridized carbons (Fsp3) is 0.417. The number of carboxylic acid groups (broad SMARTS) is 1. The number of fused-ring (bicyclic) bond motifs is 1. The van der Waals surface area contributed by atoms with Crippen molar-refractivity contribution in [3.8, 4) is 0 Å². The molecule has 1 aromatic carbocycles. The Morgan fingerprint density at radius 2 is 2.19 bits per heavy atom. The van der Waals surface area contributed by atoms with Gasteiger partial charge in [0, 0.05) is 12.4 Å². The summed E-state index contributed by atoms with van der Waals surface area (Å²) >= 11 is 4.64. The molecule has 1 unspecified atom stereocenters. The molecule has 4 heteroatoms. The van der Waals surface area contributed by atoms with Crippen molar-refractivity contribution in [2.45, 2.75) is 25.3 Å². The quantitative estimate of drug-likeness (QED) is 0.743. The van der Waals surface area contributed by atoms with Gasteiger partial charge in [-0.15, -0.1) is 11.6 Å². The highest BCUT2D eigenvalue weighted by Gasteiger charge is 2.17. The highest BCUT2D eigenvalue weighted by atomic mass is 35.5. The van der Waals surface area contributed by atoms with Crippen LogP contribution in [0.25, 0.3) is 0 Å². The Hall–Kier alpha value is -1.06. The number of carbonyl (C=O) groups is 1. The van der Waals surface area contributed by atoms with Gasteiger partial charge < -0.3 is 10.8 Å². The Kier molecular flexibility index (Phi) is 4.77. The van der Waals surface area contributed by atoms with Crippen molar-refractivity contribution >= 4 is 17.6 Å². The number of alkyl halides is 1. The van der Waals surface area contributed by atoms with Gasteiger partial charge in [0.15, 0.2) is 0 Å². The number of hydrogen-bond donors (Lipinski definition) is 2. The van der Waals surface area contributed by atoms with Crippen LogP contribution in [0.4, 0.5) is 0 Å². The Bertz CT molecular complexity index is 379. The molecule has 0 saturated heterocycles. The molecule has 2 rings (SSSR count). The molecule has 0 bridgehead atoms. The highest BCUT2D eigenvalue weighted by molar-refractivity contribution is 6.15. The third kappa shape index (κ3) is 2.74. The minimum Gasteiger partial charge on any atom is -0.478 e. The summed E-state index contributed by atoms with van der Waals surface area (Å²) in [4.78, 5) is 10.7. The van der Waals surface area contributed by atoms with Crippen LogP contribution in [-0.2, 0) is 6.42 Å². The van der Waals surface area contributed by atoms with Crippen LogP contribution in [0.15, 0.2) is 18.2 Å². The smallest absolute Gasteiger partial charge is 0.335 e. The average Bonchev–Trinajstić information content (AvgIpc) is 2.31. The molecule has 3 N–H and O–H groups in total. The summed E-state index contributed by atoms with van der Waals surface area (Å²) in [5, 5.41) is 8.82. The van der Waals surface area contributed by atoms with E-state index < -0.39 is 5.97 Å². The Morgan fingerprint density at radius 1 is 1.50 bits per heavy atom. The third-order valence-electron chi connectivity index (χ3n) is 2.75.